The monoisotopic (exact) mass is 452 g/mol. The average Bonchev–Trinajstić information content (AvgIpc) is 3.18. The van der Waals surface area contributed by atoms with Crippen molar-refractivity contribution in [3.05, 3.63) is 101 Å². The van der Waals surface area contributed by atoms with Crippen LogP contribution in [0.25, 0.3) is 0 Å². The Bertz CT molecular complexity index is 1170. The summed E-state index contributed by atoms with van der Waals surface area (Å²) in [6.45, 7) is 8.77. The maximum absolute atomic E-state index is 13.6. The Morgan fingerprint density at radius 1 is 0.794 bits per heavy atom. The number of aliphatic imine (C=N–C) groups is 1. The standard InChI is InChI=1S/C29H32N4O/c1-22-13-14-26(19-23(22)2)33-28(34)27(20-24-9-5-3-6-10-24)30-29(33)32-17-15-31(16-18-32)21-25-11-7-4-8-12-25/h3-14,19,27H,15-18,20-21H2,1-2H3. The van der Waals surface area contributed by atoms with Gasteiger partial charge in [0.25, 0.3) is 5.91 Å². The van der Waals surface area contributed by atoms with E-state index in [0.29, 0.717) is 6.42 Å². The first-order chi connectivity index (χ1) is 16.6. The van der Waals surface area contributed by atoms with Gasteiger partial charge in [0.1, 0.15) is 6.04 Å². The van der Waals surface area contributed by atoms with Gasteiger partial charge in [0.05, 0.1) is 5.69 Å². The largest absolute Gasteiger partial charge is 0.340 e. The Morgan fingerprint density at radius 3 is 2.09 bits per heavy atom. The molecular formula is C29H32N4O. The number of nitrogens with zero attached hydrogens (tertiary/aromatic N) is 4. The molecule has 0 saturated carbocycles. The zero-order valence-corrected chi connectivity index (χ0v) is 20.0. The number of hydrogen-bond donors (Lipinski definition) is 0. The second-order valence-corrected chi connectivity index (χ2v) is 9.33. The van der Waals surface area contributed by atoms with Gasteiger partial charge in [-0.2, -0.15) is 0 Å². The van der Waals surface area contributed by atoms with Gasteiger partial charge in [-0.3, -0.25) is 9.69 Å². The van der Waals surface area contributed by atoms with Crippen molar-refractivity contribution >= 4 is 17.6 Å². The van der Waals surface area contributed by atoms with E-state index >= 15 is 0 Å². The number of aryl methyl sites for hydroxylation is 2. The second kappa shape index (κ2) is 9.82. The number of piperazine rings is 1. The summed E-state index contributed by atoms with van der Waals surface area (Å²) in [7, 11) is 0. The van der Waals surface area contributed by atoms with Gasteiger partial charge in [-0.25, -0.2) is 9.89 Å². The highest BCUT2D eigenvalue weighted by atomic mass is 16.2. The highest BCUT2D eigenvalue weighted by molar-refractivity contribution is 6.22. The van der Waals surface area contributed by atoms with Crippen molar-refractivity contribution in [2.75, 3.05) is 31.1 Å². The highest BCUT2D eigenvalue weighted by Crippen LogP contribution is 2.27. The topological polar surface area (TPSA) is 39.2 Å². The van der Waals surface area contributed by atoms with E-state index in [4.69, 9.17) is 4.99 Å². The van der Waals surface area contributed by atoms with Gasteiger partial charge in [-0.15, -0.1) is 0 Å². The average molecular weight is 453 g/mol. The molecule has 1 fully saturated rings. The molecule has 34 heavy (non-hydrogen) atoms. The van der Waals surface area contributed by atoms with Gasteiger partial charge in [0.2, 0.25) is 5.96 Å². The zero-order chi connectivity index (χ0) is 23.5. The van der Waals surface area contributed by atoms with E-state index in [-0.39, 0.29) is 11.9 Å². The molecule has 3 aromatic carbocycles. The molecule has 2 aliphatic heterocycles. The van der Waals surface area contributed by atoms with Crippen molar-refractivity contribution in [1.82, 2.24) is 9.80 Å². The molecule has 3 aromatic rings. The number of anilines is 1. The van der Waals surface area contributed by atoms with Crippen molar-refractivity contribution < 1.29 is 4.79 Å². The molecule has 0 bridgehead atoms. The third kappa shape index (κ3) is 4.75. The van der Waals surface area contributed by atoms with Crippen LogP contribution in [-0.2, 0) is 17.8 Å². The molecular weight excluding hydrogens is 420 g/mol. The molecule has 1 atom stereocenters. The summed E-state index contributed by atoms with van der Waals surface area (Å²) >= 11 is 0. The molecule has 1 unspecified atom stereocenters. The Morgan fingerprint density at radius 2 is 1.44 bits per heavy atom. The highest BCUT2D eigenvalue weighted by Gasteiger charge is 2.39. The number of carbonyl (C=O) groups excluding carboxylic acids is 1. The maximum atomic E-state index is 13.6. The lowest BCUT2D eigenvalue weighted by Crippen LogP contribution is -2.53. The number of amides is 1. The lowest BCUT2D eigenvalue weighted by atomic mass is 10.1. The molecule has 174 valence electrons. The third-order valence-corrected chi connectivity index (χ3v) is 6.90. The normalized spacial score (nSPS) is 18.9. The number of hydrogen-bond acceptors (Lipinski definition) is 4. The Kier molecular flexibility index (Phi) is 6.45. The molecule has 2 heterocycles. The molecule has 1 amide bonds. The van der Waals surface area contributed by atoms with E-state index < -0.39 is 0 Å². The summed E-state index contributed by atoms with van der Waals surface area (Å²) in [5.41, 5.74) is 5.80. The van der Waals surface area contributed by atoms with Crippen LogP contribution in [0.1, 0.15) is 22.3 Å². The lowest BCUT2D eigenvalue weighted by molar-refractivity contribution is -0.118. The molecule has 1 saturated heterocycles. The fourth-order valence-electron chi connectivity index (χ4n) is 4.75. The van der Waals surface area contributed by atoms with Crippen molar-refractivity contribution in [2.24, 2.45) is 4.99 Å². The van der Waals surface area contributed by atoms with Crippen LogP contribution in [0, 0.1) is 13.8 Å². The van der Waals surface area contributed by atoms with Crippen LogP contribution in [0.5, 0.6) is 0 Å². The summed E-state index contributed by atoms with van der Waals surface area (Å²) < 4.78 is 0. The summed E-state index contributed by atoms with van der Waals surface area (Å²) in [4.78, 5) is 25.3. The molecule has 0 spiro atoms. The van der Waals surface area contributed by atoms with Crippen molar-refractivity contribution in [2.45, 2.75) is 32.9 Å². The first kappa shape index (κ1) is 22.4. The Labute approximate surface area is 202 Å². The summed E-state index contributed by atoms with van der Waals surface area (Å²) in [5.74, 6) is 0.863. The van der Waals surface area contributed by atoms with Gasteiger partial charge < -0.3 is 4.90 Å². The minimum atomic E-state index is -0.388. The van der Waals surface area contributed by atoms with E-state index in [1.54, 1.807) is 0 Å². The number of rotatable bonds is 5. The van der Waals surface area contributed by atoms with Crippen molar-refractivity contribution in [3.8, 4) is 0 Å². The zero-order valence-electron chi connectivity index (χ0n) is 20.0. The minimum absolute atomic E-state index is 0.0637. The van der Waals surface area contributed by atoms with E-state index in [1.165, 1.54) is 16.7 Å². The van der Waals surface area contributed by atoms with E-state index in [2.05, 4.69) is 78.2 Å². The minimum Gasteiger partial charge on any atom is -0.340 e. The smallest absolute Gasteiger partial charge is 0.259 e. The van der Waals surface area contributed by atoms with E-state index in [1.807, 2.05) is 29.2 Å². The first-order valence-electron chi connectivity index (χ1n) is 12.1. The van der Waals surface area contributed by atoms with Gasteiger partial charge in [0.15, 0.2) is 0 Å². The van der Waals surface area contributed by atoms with Crippen LogP contribution in [-0.4, -0.2) is 53.9 Å². The van der Waals surface area contributed by atoms with Crippen molar-refractivity contribution in [3.63, 3.8) is 0 Å². The predicted molar refractivity (Wildman–Crippen MR) is 138 cm³/mol. The molecule has 2 aliphatic rings. The lowest BCUT2D eigenvalue weighted by Gasteiger charge is -2.37. The Hall–Kier alpha value is -3.44. The third-order valence-electron chi connectivity index (χ3n) is 6.90. The van der Waals surface area contributed by atoms with E-state index in [0.717, 1.165) is 49.9 Å². The van der Waals surface area contributed by atoms with Crippen molar-refractivity contribution in [1.29, 1.82) is 0 Å². The molecule has 5 heteroatoms. The van der Waals surface area contributed by atoms with Gasteiger partial charge in [0, 0.05) is 39.1 Å². The molecule has 0 radical (unpaired) electrons. The van der Waals surface area contributed by atoms with Crippen LogP contribution in [0.3, 0.4) is 0 Å². The molecule has 0 aliphatic carbocycles. The molecule has 5 rings (SSSR count). The second-order valence-electron chi connectivity index (χ2n) is 9.33. The summed E-state index contributed by atoms with van der Waals surface area (Å²) in [6, 6.07) is 26.7. The SMILES string of the molecule is Cc1ccc(N2C(=O)C(Cc3ccccc3)N=C2N2CCN(Cc3ccccc3)CC2)cc1C. The molecule has 5 nitrogen and oxygen atoms in total. The quantitative estimate of drug-likeness (QED) is 0.575. The van der Waals surface area contributed by atoms with E-state index in [9.17, 15) is 4.79 Å². The Balaban J connectivity index is 1.37. The van der Waals surface area contributed by atoms with Gasteiger partial charge >= 0.3 is 0 Å². The fourth-order valence-corrected chi connectivity index (χ4v) is 4.75. The van der Waals surface area contributed by atoms with Gasteiger partial charge in [-0.05, 0) is 48.2 Å². The maximum Gasteiger partial charge on any atom is 0.259 e. The molecule has 0 aromatic heterocycles. The van der Waals surface area contributed by atoms with Gasteiger partial charge in [-0.1, -0.05) is 66.7 Å². The van der Waals surface area contributed by atoms with Crippen LogP contribution in [0.15, 0.2) is 83.9 Å². The van der Waals surface area contributed by atoms with Crippen LogP contribution in [0.4, 0.5) is 5.69 Å². The summed E-state index contributed by atoms with van der Waals surface area (Å²) in [6.07, 6.45) is 0.624. The molecule has 0 N–H and O–H groups in total. The fraction of sp³-hybridized carbons (Fsp3) is 0.310. The van der Waals surface area contributed by atoms with Crippen LogP contribution in [0.2, 0.25) is 0 Å². The number of carbonyl (C=O) groups is 1. The predicted octanol–water partition coefficient (Wildman–Crippen LogP) is 4.44. The van der Waals surface area contributed by atoms with Crippen LogP contribution < -0.4 is 4.90 Å². The first-order valence-corrected chi connectivity index (χ1v) is 12.1. The number of benzene rings is 3. The number of guanidine groups is 1. The summed E-state index contributed by atoms with van der Waals surface area (Å²) in [5, 5.41) is 0. The van der Waals surface area contributed by atoms with Crippen LogP contribution >= 0.6 is 0 Å².